The molecule has 0 aromatic heterocycles. The largest absolute Gasteiger partial charge is 0.481 e. The lowest BCUT2D eigenvalue weighted by molar-refractivity contribution is -0.141. The van der Waals surface area contributed by atoms with Crippen LogP contribution in [0.5, 0.6) is 0 Å². The van der Waals surface area contributed by atoms with Crippen LogP contribution in [0.2, 0.25) is 0 Å². The minimum atomic E-state index is -1.17. The van der Waals surface area contributed by atoms with Crippen LogP contribution in [0, 0.1) is 0 Å². The van der Waals surface area contributed by atoms with E-state index in [0.29, 0.717) is 19.4 Å². The Labute approximate surface area is 263 Å². The molecule has 0 bridgehead atoms. The van der Waals surface area contributed by atoms with Crippen LogP contribution in [0.3, 0.4) is 0 Å². The molecule has 0 spiro atoms. The van der Waals surface area contributed by atoms with Gasteiger partial charge in [0.1, 0.15) is 30.2 Å². The van der Waals surface area contributed by atoms with Crippen LogP contribution in [-0.4, -0.2) is 121 Å². The first kappa shape index (κ1) is 50.3. The summed E-state index contributed by atoms with van der Waals surface area (Å²) in [5.41, 5.74) is 39.9. The summed E-state index contributed by atoms with van der Waals surface area (Å²) in [4.78, 5) is 73.2. The van der Waals surface area contributed by atoms with E-state index in [1.54, 1.807) is 0 Å². The maximum atomic E-state index is 10.2. The number of rotatable bonds is 16. The van der Waals surface area contributed by atoms with Crippen LogP contribution in [-0.2, 0) is 33.6 Å². The Bertz CT molecular complexity index is 902. The van der Waals surface area contributed by atoms with Crippen LogP contribution < -0.4 is 45.9 Å². The first-order valence-electron chi connectivity index (χ1n) is 12.5. The molecular weight excluding hydrogens is 630 g/mol. The molecule has 22 nitrogen and oxygen atoms in total. The second kappa shape index (κ2) is 31.1. The average molecular weight is 678 g/mol. The van der Waals surface area contributed by atoms with E-state index in [2.05, 4.69) is 17.6 Å². The molecule has 0 aromatic rings. The summed E-state index contributed by atoms with van der Waals surface area (Å²) < 4.78 is 0. The zero-order valence-corrected chi connectivity index (χ0v) is 25.5. The summed E-state index contributed by atoms with van der Waals surface area (Å²) in [5, 5.41) is 48.7. The number of carbonyl (C=O) groups is 7. The number of hydrogen-bond donors (Lipinski definition) is 15. The van der Waals surface area contributed by atoms with E-state index >= 15 is 0 Å². The van der Waals surface area contributed by atoms with Crippen molar-refractivity contribution in [3.05, 3.63) is 0 Å². The highest BCUT2D eigenvalue weighted by atomic mass is 32.1. The fraction of sp³-hybridized carbons (Fsp3) is 0.636. The highest BCUT2D eigenvalue weighted by Gasteiger charge is 2.13. The molecule has 0 saturated carbocycles. The third kappa shape index (κ3) is 46.9. The number of amides is 1. The molecule has 0 aliphatic heterocycles. The van der Waals surface area contributed by atoms with Crippen LogP contribution >= 0.6 is 12.6 Å². The highest BCUT2D eigenvalue weighted by molar-refractivity contribution is 7.80. The molecule has 0 rings (SSSR count). The van der Waals surface area contributed by atoms with Gasteiger partial charge in [0.2, 0.25) is 5.91 Å². The van der Waals surface area contributed by atoms with Gasteiger partial charge < -0.3 is 76.5 Å². The minimum absolute atomic E-state index is 0.0129. The first-order chi connectivity index (χ1) is 20.4. The van der Waals surface area contributed by atoms with Crippen molar-refractivity contribution >= 4 is 60.3 Å². The summed E-state index contributed by atoms with van der Waals surface area (Å²) in [7, 11) is 0. The molecule has 0 radical (unpaired) electrons. The molecule has 5 atom stereocenters. The predicted octanol–water partition coefficient (Wildman–Crippen LogP) is -4.87. The van der Waals surface area contributed by atoms with Crippen LogP contribution in [0.1, 0.15) is 45.4 Å². The van der Waals surface area contributed by atoms with Crippen molar-refractivity contribution in [2.45, 2.75) is 75.7 Å². The summed E-state index contributed by atoms with van der Waals surface area (Å²) in [6.45, 7) is 1.84. The molecule has 264 valence electrons. The number of guanidine groups is 1. The Morgan fingerprint density at radius 2 is 0.933 bits per heavy atom. The Balaban J connectivity index is -0.000000151. The number of nitrogens with zero attached hydrogens (tertiary/aromatic N) is 1. The van der Waals surface area contributed by atoms with Crippen LogP contribution in [0.25, 0.3) is 0 Å². The standard InChI is InChI=1S/C6H14N4O2.C5H10N2O3.C5H9NO4.C3H7NO2S.C3H7NO2/c7-4(5(11)12)2-1-3-10-6(8)9;2*6-3(5(9)10)1-2-4(7)8;4-2(1-7)3(5)6;1-2(4)3(5)6/h4H,1-3,7H2,(H,11,12)(H4,8,9,10);3H,1-2,6H2,(H2,7,8)(H,9,10);3H,1-2,6H2,(H,7,8)(H,9,10);2,7H,1,4H2,(H,5,6);2H,4H2,1H3,(H,5,6)/t4-;3-;;2*2-/m00.00/s1. The molecule has 0 fully saturated rings. The lowest BCUT2D eigenvalue weighted by Gasteiger charge is -2.03. The predicted molar refractivity (Wildman–Crippen MR) is 163 cm³/mol. The fourth-order valence-corrected chi connectivity index (χ4v) is 1.70. The van der Waals surface area contributed by atoms with Gasteiger partial charge in [-0.3, -0.25) is 38.6 Å². The Kier molecular flexibility index (Phi) is 34.8. The molecule has 23 heteroatoms. The maximum Gasteiger partial charge on any atom is 0.321 e. The van der Waals surface area contributed by atoms with Gasteiger partial charge in [-0.2, -0.15) is 12.6 Å². The van der Waals surface area contributed by atoms with Crippen molar-refractivity contribution in [2.24, 2.45) is 50.9 Å². The fourth-order valence-electron chi connectivity index (χ4n) is 1.54. The highest BCUT2D eigenvalue weighted by Crippen LogP contribution is 1.95. The third-order valence-electron chi connectivity index (χ3n) is 4.19. The van der Waals surface area contributed by atoms with Crippen molar-refractivity contribution in [3.8, 4) is 0 Å². The number of hydrogen-bond acceptors (Lipinski definition) is 14. The molecule has 0 saturated heterocycles. The van der Waals surface area contributed by atoms with Gasteiger partial charge in [0, 0.05) is 25.1 Å². The number of carboxylic acids is 6. The summed E-state index contributed by atoms with van der Waals surface area (Å²) in [6, 6.07) is -4.41. The number of nitrogens with two attached hydrogens (primary N) is 8. The Morgan fingerprint density at radius 3 is 1.16 bits per heavy atom. The quantitative estimate of drug-likeness (QED) is 0.0315. The topological polar surface area (TPSA) is 461 Å². The minimum Gasteiger partial charge on any atom is -0.481 e. The zero-order chi connectivity index (χ0) is 36.9. The number of carbonyl (C=O) groups excluding carboxylic acids is 1. The number of aliphatic imine (C=N–C) groups is 1. The number of thiol groups is 1. The third-order valence-corrected chi connectivity index (χ3v) is 4.59. The molecule has 0 aromatic carbocycles. The van der Waals surface area contributed by atoms with E-state index in [1.807, 2.05) is 0 Å². The molecular formula is C22H47N9O13S. The lowest BCUT2D eigenvalue weighted by Crippen LogP contribution is -2.31. The van der Waals surface area contributed by atoms with E-state index in [9.17, 15) is 33.6 Å². The first-order valence-corrected chi connectivity index (χ1v) is 13.2. The summed E-state index contributed by atoms with van der Waals surface area (Å²) in [6.07, 6.45) is 0.855. The molecule has 0 aliphatic carbocycles. The Hall–Kier alpha value is -4.29. The van der Waals surface area contributed by atoms with Gasteiger partial charge in [-0.15, -0.1) is 0 Å². The molecule has 0 heterocycles. The van der Waals surface area contributed by atoms with E-state index < -0.39 is 71.9 Å². The van der Waals surface area contributed by atoms with Gasteiger partial charge in [0.15, 0.2) is 5.96 Å². The van der Waals surface area contributed by atoms with Gasteiger partial charge in [0.05, 0.1) is 0 Å². The monoisotopic (exact) mass is 677 g/mol. The van der Waals surface area contributed by atoms with Crippen molar-refractivity contribution in [3.63, 3.8) is 0 Å². The second-order valence-electron chi connectivity index (χ2n) is 8.47. The molecule has 45 heavy (non-hydrogen) atoms. The molecule has 22 N–H and O–H groups in total. The van der Waals surface area contributed by atoms with E-state index in [1.165, 1.54) is 6.92 Å². The number of aliphatic carboxylic acids is 6. The Morgan fingerprint density at radius 1 is 0.600 bits per heavy atom. The SMILES string of the molecule is C[C@H](N)C(=O)O.NC(=O)CC[C@H](N)C(=O)O.NC(CCC(=O)O)C(=O)O.NC(N)=NCCC[C@H](N)C(=O)O.N[C@@H](CS)C(=O)O. The van der Waals surface area contributed by atoms with Gasteiger partial charge in [-0.05, 0) is 32.6 Å². The van der Waals surface area contributed by atoms with Gasteiger partial charge in [-0.25, -0.2) is 0 Å². The number of primary amides is 1. The average Bonchev–Trinajstić information content (AvgIpc) is 2.92. The van der Waals surface area contributed by atoms with Crippen LogP contribution in [0.4, 0.5) is 0 Å². The van der Waals surface area contributed by atoms with Crippen molar-refractivity contribution < 1.29 is 64.2 Å². The smallest absolute Gasteiger partial charge is 0.321 e. The van der Waals surface area contributed by atoms with Gasteiger partial charge >= 0.3 is 35.8 Å². The lowest BCUT2D eigenvalue weighted by atomic mass is 10.2. The molecule has 1 unspecified atom stereocenters. The molecule has 0 aliphatic rings. The number of carboxylic acid groups (broad SMARTS) is 6. The maximum absolute atomic E-state index is 10.2. The van der Waals surface area contributed by atoms with E-state index in [4.69, 9.17) is 76.5 Å². The van der Waals surface area contributed by atoms with Crippen molar-refractivity contribution in [1.29, 1.82) is 0 Å². The molecule has 1 amide bonds. The summed E-state index contributed by atoms with van der Waals surface area (Å²) in [5.74, 6) is -6.60. The zero-order valence-electron chi connectivity index (χ0n) is 24.6. The second-order valence-corrected chi connectivity index (χ2v) is 8.84. The normalized spacial score (nSPS) is 12.7. The van der Waals surface area contributed by atoms with Gasteiger partial charge in [-0.1, -0.05) is 0 Å². The van der Waals surface area contributed by atoms with E-state index in [-0.39, 0.29) is 37.4 Å². The van der Waals surface area contributed by atoms with Crippen molar-refractivity contribution in [2.75, 3.05) is 12.3 Å². The van der Waals surface area contributed by atoms with Crippen LogP contribution in [0.15, 0.2) is 4.99 Å². The van der Waals surface area contributed by atoms with Crippen molar-refractivity contribution in [1.82, 2.24) is 0 Å². The van der Waals surface area contributed by atoms with Gasteiger partial charge in [0.25, 0.3) is 0 Å². The van der Waals surface area contributed by atoms with E-state index in [0.717, 1.165) is 0 Å². The summed E-state index contributed by atoms with van der Waals surface area (Å²) >= 11 is 3.65.